The topological polar surface area (TPSA) is 66.5 Å². The number of rotatable bonds is 5. The molecule has 0 saturated carbocycles. The first-order valence-corrected chi connectivity index (χ1v) is 10.4. The molecule has 0 atom stereocenters. The van der Waals surface area contributed by atoms with Gasteiger partial charge in [0.05, 0.1) is 15.5 Å². The van der Waals surface area contributed by atoms with Crippen molar-refractivity contribution in [2.45, 2.75) is 24.3 Å². The van der Waals surface area contributed by atoms with Gasteiger partial charge in [0, 0.05) is 24.7 Å². The third-order valence-electron chi connectivity index (χ3n) is 4.25. The van der Waals surface area contributed by atoms with E-state index in [1.807, 2.05) is 0 Å². The minimum absolute atomic E-state index is 0.256. The molecule has 0 aromatic heterocycles. The monoisotopic (exact) mass is 412 g/mol. The second kappa shape index (κ2) is 7.96. The Kier molecular flexibility index (Phi) is 5.87. The smallest absolute Gasteiger partial charge is 0.253 e. The number of benzene rings is 2. The van der Waals surface area contributed by atoms with Crippen molar-refractivity contribution in [3.63, 3.8) is 0 Å². The van der Waals surface area contributed by atoms with E-state index in [-0.39, 0.29) is 17.3 Å². The summed E-state index contributed by atoms with van der Waals surface area (Å²) in [7, 11) is -3.43. The average Bonchev–Trinajstić information content (AvgIpc) is 3.17. The van der Waals surface area contributed by atoms with Crippen molar-refractivity contribution in [2.75, 3.05) is 13.1 Å². The van der Waals surface area contributed by atoms with Crippen LogP contribution in [-0.2, 0) is 16.6 Å². The maximum absolute atomic E-state index is 12.5. The third kappa shape index (κ3) is 4.20. The number of nitrogens with one attached hydrogen (secondary N) is 1. The van der Waals surface area contributed by atoms with E-state index in [0.29, 0.717) is 28.7 Å². The first kappa shape index (κ1) is 19.2. The fourth-order valence-corrected chi connectivity index (χ4v) is 4.70. The Hall–Kier alpha value is -1.60. The highest BCUT2D eigenvalue weighted by atomic mass is 35.5. The van der Waals surface area contributed by atoms with Gasteiger partial charge in [-0.2, -0.15) is 4.31 Å². The first-order valence-electron chi connectivity index (χ1n) is 8.20. The Balaban J connectivity index is 1.66. The standard InChI is InChI=1S/C18H18Cl2N2O3S/c19-14-5-8-17(20)16(11-14)18(23)21-12-13-3-6-15(7-4-13)26(24,25)22-9-1-2-10-22/h3-8,11H,1-2,9-10,12H2,(H,21,23). The minimum atomic E-state index is -3.43. The largest absolute Gasteiger partial charge is 0.348 e. The molecular weight excluding hydrogens is 395 g/mol. The minimum Gasteiger partial charge on any atom is -0.348 e. The van der Waals surface area contributed by atoms with Crippen molar-refractivity contribution in [3.8, 4) is 0 Å². The van der Waals surface area contributed by atoms with E-state index in [1.54, 1.807) is 36.4 Å². The van der Waals surface area contributed by atoms with E-state index in [1.165, 1.54) is 10.4 Å². The lowest BCUT2D eigenvalue weighted by molar-refractivity contribution is 0.0951. The summed E-state index contributed by atoms with van der Waals surface area (Å²) in [5.41, 5.74) is 1.09. The Morgan fingerprint density at radius 1 is 1.04 bits per heavy atom. The number of carbonyl (C=O) groups is 1. The molecule has 1 fully saturated rings. The number of hydrogen-bond acceptors (Lipinski definition) is 3. The summed E-state index contributed by atoms with van der Waals surface area (Å²) in [5.74, 6) is -0.341. The van der Waals surface area contributed by atoms with Gasteiger partial charge < -0.3 is 5.32 Å². The first-order chi connectivity index (χ1) is 12.4. The second-order valence-electron chi connectivity index (χ2n) is 6.06. The van der Waals surface area contributed by atoms with Gasteiger partial charge in [-0.3, -0.25) is 4.79 Å². The number of sulfonamides is 1. The second-order valence-corrected chi connectivity index (χ2v) is 8.84. The molecule has 1 aliphatic rings. The van der Waals surface area contributed by atoms with Crippen molar-refractivity contribution >= 4 is 39.1 Å². The molecule has 5 nitrogen and oxygen atoms in total. The molecule has 1 saturated heterocycles. The Bertz CT molecular complexity index is 909. The van der Waals surface area contributed by atoms with Crippen LogP contribution in [0.15, 0.2) is 47.4 Å². The highest BCUT2D eigenvalue weighted by molar-refractivity contribution is 7.89. The molecule has 1 N–H and O–H groups in total. The summed E-state index contributed by atoms with van der Waals surface area (Å²) in [4.78, 5) is 12.5. The number of hydrogen-bond donors (Lipinski definition) is 1. The molecule has 2 aromatic rings. The van der Waals surface area contributed by atoms with Crippen LogP contribution in [0.4, 0.5) is 0 Å². The molecule has 2 aromatic carbocycles. The van der Waals surface area contributed by atoms with Gasteiger partial charge in [-0.15, -0.1) is 0 Å². The van der Waals surface area contributed by atoms with Crippen LogP contribution >= 0.6 is 23.2 Å². The summed E-state index contributed by atoms with van der Waals surface area (Å²) in [6, 6.07) is 11.2. The van der Waals surface area contributed by atoms with E-state index >= 15 is 0 Å². The third-order valence-corrected chi connectivity index (χ3v) is 6.73. The lowest BCUT2D eigenvalue weighted by Gasteiger charge is -2.15. The predicted molar refractivity (Wildman–Crippen MR) is 102 cm³/mol. The van der Waals surface area contributed by atoms with Gasteiger partial charge >= 0.3 is 0 Å². The van der Waals surface area contributed by atoms with Crippen molar-refractivity contribution in [3.05, 3.63) is 63.6 Å². The summed E-state index contributed by atoms with van der Waals surface area (Å²) >= 11 is 11.9. The summed E-state index contributed by atoms with van der Waals surface area (Å²) in [5, 5.41) is 3.50. The maximum atomic E-state index is 12.5. The van der Waals surface area contributed by atoms with E-state index in [4.69, 9.17) is 23.2 Å². The van der Waals surface area contributed by atoms with Gasteiger partial charge in [0.1, 0.15) is 0 Å². The SMILES string of the molecule is O=C(NCc1ccc(S(=O)(=O)N2CCCC2)cc1)c1cc(Cl)ccc1Cl. The zero-order valence-electron chi connectivity index (χ0n) is 13.9. The highest BCUT2D eigenvalue weighted by Crippen LogP contribution is 2.22. The molecule has 1 aliphatic heterocycles. The van der Waals surface area contributed by atoms with Crippen LogP contribution in [0, 0.1) is 0 Å². The van der Waals surface area contributed by atoms with Gasteiger partial charge in [-0.1, -0.05) is 35.3 Å². The number of carbonyl (C=O) groups excluding carboxylic acids is 1. The van der Waals surface area contributed by atoms with Crippen LogP contribution < -0.4 is 5.32 Å². The molecule has 26 heavy (non-hydrogen) atoms. The average molecular weight is 413 g/mol. The Morgan fingerprint density at radius 3 is 2.35 bits per heavy atom. The molecule has 138 valence electrons. The van der Waals surface area contributed by atoms with Crippen molar-refractivity contribution < 1.29 is 13.2 Å². The number of nitrogens with zero attached hydrogens (tertiary/aromatic N) is 1. The molecule has 3 rings (SSSR count). The van der Waals surface area contributed by atoms with Crippen LogP contribution in [-0.4, -0.2) is 31.7 Å². The molecule has 1 amide bonds. The van der Waals surface area contributed by atoms with Crippen molar-refractivity contribution in [1.82, 2.24) is 9.62 Å². The molecule has 0 unspecified atom stereocenters. The molecule has 1 heterocycles. The van der Waals surface area contributed by atoms with Gasteiger partial charge in [0.15, 0.2) is 0 Å². The Labute approximate surface area is 163 Å². The van der Waals surface area contributed by atoms with Crippen LogP contribution in [0.3, 0.4) is 0 Å². The molecule has 0 radical (unpaired) electrons. The zero-order valence-corrected chi connectivity index (χ0v) is 16.2. The molecule has 0 bridgehead atoms. The fourth-order valence-electron chi connectivity index (χ4n) is 2.81. The summed E-state index contributed by atoms with van der Waals surface area (Å²) in [6.07, 6.45) is 1.80. The molecule has 0 aliphatic carbocycles. The molecule has 8 heteroatoms. The van der Waals surface area contributed by atoms with Gasteiger partial charge in [-0.25, -0.2) is 8.42 Å². The lowest BCUT2D eigenvalue weighted by Crippen LogP contribution is -2.28. The fraction of sp³-hybridized carbons (Fsp3) is 0.278. The van der Waals surface area contributed by atoms with Crippen molar-refractivity contribution in [2.24, 2.45) is 0 Å². The number of halogens is 2. The van der Waals surface area contributed by atoms with E-state index in [0.717, 1.165) is 18.4 Å². The van der Waals surface area contributed by atoms with Crippen LogP contribution in [0.5, 0.6) is 0 Å². The Morgan fingerprint density at radius 2 is 1.69 bits per heavy atom. The highest BCUT2D eigenvalue weighted by Gasteiger charge is 2.26. The zero-order chi connectivity index (χ0) is 18.7. The van der Waals surface area contributed by atoms with Crippen LogP contribution in [0.25, 0.3) is 0 Å². The van der Waals surface area contributed by atoms with Crippen LogP contribution in [0.2, 0.25) is 10.0 Å². The molecular formula is C18H18Cl2N2O3S. The van der Waals surface area contributed by atoms with Gasteiger partial charge in [-0.05, 0) is 48.7 Å². The normalized spacial score (nSPS) is 15.2. The van der Waals surface area contributed by atoms with Gasteiger partial charge in [0.25, 0.3) is 5.91 Å². The lowest BCUT2D eigenvalue weighted by atomic mass is 10.2. The van der Waals surface area contributed by atoms with E-state index in [2.05, 4.69) is 5.32 Å². The van der Waals surface area contributed by atoms with Crippen LogP contribution in [0.1, 0.15) is 28.8 Å². The predicted octanol–water partition coefficient (Wildman–Crippen LogP) is 3.71. The number of amides is 1. The quantitative estimate of drug-likeness (QED) is 0.813. The van der Waals surface area contributed by atoms with E-state index < -0.39 is 10.0 Å². The summed E-state index contributed by atoms with van der Waals surface area (Å²) < 4.78 is 26.5. The van der Waals surface area contributed by atoms with Crippen molar-refractivity contribution in [1.29, 1.82) is 0 Å². The summed E-state index contributed by atoms with van der Waals surface area (Å²) in [6.45, 7) is 1.40. The molecule has 0 spiro atoms. The van der Waals surface area contributed by atoms with E-state index in [9.17, 15) is 13.2 Å². The van der Waals surface area contributed by atoms with Gasteiger partial charge in [0.2, 0.25) is 10.0 Å². The maximum Gasteiger partial charge on any atom is 0.253 e.